The Hall–Kier alpha value is -1.58. The van der Waals surface area contributed by atoms with Gasteiger partial charge in [0.15, 0.2) is 5.78 Å². The molecule has 21 heavy (non-hydrogen) atoms. The third kappa shape index (κ3) is 3.20. The van der Waals surface area contributed by atoms with Crippen LogP contribution in [0.1, 0.15) is 54.9 Å². The number of hydrogen-bond donors (Lipinski definition) is 0. The molecule has 4 heteroatoms. The summed E-state index contributed by atoms with van der Waals surface area (Å²) in [5.74, 6) is 0.623. The minimum atomic E-state index is 0.0632. The highest BCUT2D eigenvalue weighted by Crippen LogP contribution is 2.23. The topological polar surface area (TPSA) is 42.3 Å². The molecule has 2 heterocycles. The number of rotatable bonds is 6. The molecule has 0 bridgehead atoms. The molecule has 1 aliphatic rings. The Morgan fingerprint density at radius 1 is 1.33 bits per heavy atom. The molecular weight excluding hydrogens is 264 g/mol. The summed E-state index contributed by atoms with van der Waals surface area (Å²) >= 11 is 0. The smallest absolute Gasteiger partial charge is 0.223 e. The lowest BCUT2D eigenvalue weighted by atomic mass is 10.0. The standard InChI is InChI=1S/C17H26N2O2/c1-5-7-14-9-17(21)18(10-14)11-16(20)15-8-12(3)19(6-2)13(15)4/h8,14H,5-7,9-11H2,1-4H3. The Kier molecular flexibility index (Phi) is 4.86. The van der Waals surface area contributed by atoms with E-state index in [2.05, 4.69) is 18.4 Å². The van der Waals surface area contributed by atoms with E-state index in [0.717, 1.165) is 42.9 Å². The van der Waals surface area contributed by atoms with Crippen LogP contribution in [0.4, 0.5) is 0 Å². The zero-order valence-corrected chi connectivity index (χ0v) is 13.6. The highest BCUT2D eigenvalue weighted by Gasteiger charge is 2.30. The van der Waals surface area contributed by atoms with Crippen LogP contribution in [0.15, 0.2) is 6.07 Å². The zero-order chi connectivity index (χ0) is 15.6. The summed E-state index contributed by atoms with van der Waals surface area (Å²) in [6.07, 6.45) is 2.77. The molecule has 0 aliphatic carbocycles. The summed E-state index contributed by atoms with van der Waals surface area (Å²) in [5, 5.41) is 0. The van der Waals surface area contributed by atoms with E-state index < -0.39 is 0 Å². The van der Waals surface area contributed by atoms with Crippen molar-refractivity contribution in [2.75, 3.05) is 13.1 Å². The maximum absolute atomic E-state index is 12.5. The molecule has 4 nitrogen and oxygen atoms in total. The van der Waals surface area contributed by atoms with E-state index in [4.69, 9.17) is 0 Å². The van der Waals surface area contributed by atoms with Gasteiger partial charge in [0.25, 0.3) is 0 Å². The molecule has 1 unspecified atom stereocenters. The van der Waals surface area contributed by atoms with Gasteiger partial charge in [0.05, 0.1) is 6.54 Å². The van der Waals surface area contributed by atoms with Crippen molar-refractivity contribution in [1.29, 1.82) is 0 Å². The Balaban J connectivity index is 2.07. The second-order valence-electron chi connectivity index (χ2n) is 6.09. The zero-order valence-electron chi connectivity index (χ0n) is 13.6. The maximum Gasteiger partial charge on any atom is 0.223 e. The van der Waals surface area contributed by atoms with Crippen LogP contribution in [0, 0.1) is 19.8 Å². The summed E-state index contributed by atoms with van der Waals surface area (Å²) in [5.41, 5.74) is 2.88. The van der Waals surface area contributed by atoms with Gasteiger partial charge in [-0.05, 0) is 39.2 Å². The monoisotopic (exact) mass is 290 g/mol. The van der Waals surface area contributed by atoms with E-state index in [0.29, 0.717) is 12.3 Å². The van der Waals surface area contributed by atoms with E-state index >= 15 is 0 Å². The number of aryl methyl sites for hydroxylation is 1. The lowest BCUT2D eigenvalue weighted by molar-refractivity contribution is -0.127. The SMILES string of the molecule is CCCC1CC(=O)N(CC(=O)c2cc(C)n(CC)c2C)C1. The van der Waals surface area contributed by atoms with Crippen LogP contribution in [0.25, 0.3) is 0 Å². The van der Waals surface area contributed by atoms with Gasteiger partial charge in [0, 0.05) is 36.5 Å². The average molecular weight is 290 g/mol. The fraction of sp³-hybridized carbons (Fsp3) is 0.647. The summed E-state index contributed by atoms with van der Waals surface area (Å²) in [7, 11) is 0. The molecular formula is C17H26N2O2. The summed E-state index contributed by atoms with van der Waals surface area (Å²) < 4.78 is 2.14. The molecule has 0 spiro atoms. The van der Waals surface area contributed by atoms with E-state index in [9.17, 15) is 9.59 Å². The van der Waals surface area contributed by atoms with E-state index in [1.54, 1.807) is 4.90 Å². The Labute approximate surface area is 127 Å². The first kappa shape index (κ1) is 15.8. The first-order valence-electron chi connectivity index (χ1n) is 7.95. The van der Waals surface area contributed by atoms with Crippen molar-refractivity contribution in [1.82, 2.24) is 9.47 Å². The molecule has 1 aromatic rings. The molecule has 1 atom stereocenters. The van der Waals surface area contributed by atoms with Crippen LogP contribution in [-0.2, 0) is 11.3 Å². The van der Waals surface area contributed by atoms with Crippen molar-refractivity contribution < 1.29 is 9.59 Å². The molecule has 1 fully saturated rings. The Bertz CT molecular complexity index is 545. The average Bonchev–Trinajstić information content (AvgIpc) is 2.91. The predicted octanol–water partition coefficient (Wildman–Crippen LogP) is 2.96. The van der Waals surface area contributed by atoms with Gasteiger partial charge in [-0.15, -0.1) is 0 Å². The van der Waals surface area contributed by atoms with Crippen LogP contribution in [0.2, 0.25) is 0 Å². The van der Waals surface area contributed by atoms with Gasteiger partial charge in [-0.25, -0.2) is 0 Å². The van der Waals surface area contributed by atoms with Gasteiger partial charge in [-0.2, -0.15) is 0 Å². The number of carbonyl (C=O) groups excluding carboxylic acids is 2. The Morgan fingerprint density at radius 2 is 2.05 bits per heavy atom. The second kappa shape index (κ2) is 6.46. The van der Waals surface area contributed by atoms with Crippen molar-refractivity contribution >= 4 is 11.7 Å². The first-order chi connectivity index (χ1) is 9.97. The molecule has 0 aromatic carbocycles. The van der Waals surface area contributed by atoms with Gasteiger partial charge in [-0.1, -0.05) is 13.3 Å². The van der Waals surface area contributed by atoms with Gasteiger partial charge in [0.2, 0.25) is 5.91 Å². The summed E-state index contributed by atoms with van der Waals surface area (Å²) in [6.45, 7) is 10.1. The molecule has 1 aromatic heterocycles. The third-order valence-corrected chi connectivity index (χ3v) is 4.52. The van der Waals surface area contributed by atoms with Crippen LogP contribution < -0.4 is 0 Å². The summed E-state index contributed by atoms with van der Waals surface area (Å²) in [6, 6.07) is 1.95. The minimum Gasteiger partial charge on any atom is -0.349 e. The van der Waals surface area contributed by atoms with Gasteiger partial charge in [-0.3, -0.25) is 9.59 Å². The quantitative estimate of drug-likeness (QED) is 0.756. The molecule has 0 N–H and O–H groups in total. The van der Waals surface area contributed by atoms with Gasteiger partial charge < -0.3 is 9.47 Å². The van der Waals surface area contributed by atoms with Crippen LogP contribution in [-0.4, -0.2) is 34.2 Å². The predicted molar refractivity (Wildman–Crippen MR) is 83.5 cm³/mol. The molecule has 0 saturated carbocycles. The van der Waals surface area contributed by atoms with Gasteiger partial charge >= 0.3 is 0 Å². The number of carbonyl (C=O) groups is 2. The number of likely N-dealkylation sites (tertiary alicyclic amines) is 1. The number of ketones is 1. The fourth-order valence-electron chi connectivity index (χ4n) is 3.44. The highest BCUT2D eigenvalue weighted by molar-refractivity contribution is 6.00. The van der Waals surface area contributed by atoms with Crippen LogP contribution in [0.3, 0.4) is 0 Å². The van der Waals surface area contributed by atoms with Crippen molar-refractivity contribution in [2.45, 2.75) is 53.5 Å². The van der Waals surface area contributed by atoms with E-state index in [1.807, 2.05) is 19.9 Å². The first-order valence-corrected chi connectivity index (χ1v) is 7.95. The lowest BCUT2D eigenvalue weighted by Gasteiger charge is -2.15. The largest absolute Gasteiger partial charge is 0.349 e. The molecule has 1 amide bonds. The highest BCUT2D eigenvalue weighted by atomic mass is 16.2. The second-order valence-corrected chi connectivity index (χ2v) is 6.09. The number of amides is 1. The number of nitrogens with zero attached hydrogens (tertiary/aromatic N) is 2. The molecule has 1 saturated heterocycles. The maximum atomic E-state index is 12.5. The molecule has 2 rings (SSSR count). The van der Waals surface area contributed by atoms with Crippen molar-refractivity contribution in [3.63, 3.8) is 0 Å². The fourth-order valence-corrected chi connectivity index (χ4v) is 3.44. The van der Waals surface area contributed by atoms with Gasteiger partial charge in [0.1, 0.15) is 0 Å². The van der Waals surface area contributed by atoms with Crippen LogP contribution >= 0.6 is 0 Å². The lowest BCUT2D eigenvalue weighted by Crippen LogP contribution is -2.31. The van der Waals surface area contributed by atoms with Crippen LogP contribution in [0.5, 0.6) is 0 Å². The normalized spacial score (nSPS) is 18.6. The van der Waals surface area contributed by atoms with E-state index in [-0.39, 0.29) is 18.2 Å². The van der Waals surface area contributed by atoms with Crippen molar-refractivity contribution in [3.8, 4) is 0 Å². The van der Waals surface area contributed by atoms with Crippen molar-refractivity contribution in [3.05, 3.63) is 23.0 Å². The third-order valence-electron chi connectivity index (χ3n) is 4.52. The minimum absolute atomic E-state index is 0.0632. The molecule has 1 aliphatic heterocycles. The number of hydrogen-bond acceptors (Lipinski definition) is 2. The van der Waals surface area contributed by atoms with Crippen molar-refractivity contribution in [2.24, 2.45) is 5.92 Å². The molecule has 116 valence electrons. The van der Waals surface area contributed by atoms with E-state index in [1.165, 1.54) is 0 Å². The molecule has 0 radical (unpaired) electrons. The Morgan fingerprint density at radius 3 is 2.62 bits per heavy atom. The number of aromatic nitrogens is 1. The summed E-state index contributed by atoms with van der Waals surface area (Å²) in [4.78, 5) is 26.3. The number of Topliss-reactive ketones (excluding diaryl/α,β-unsaturated/α-hetero) is 1.